The van der Waals surface area contributed by atoms with E-state index in [1.54, 1.807) is 13.0 Å². The van der Waals surface area contributed by atoms with Crippen molar-refractivity contribution in [1.82, 2.24) is 4.98 Å². The Kier molecular flexibility index (Phi) is 2.29. The number of hydrogen-bond donors (Lipinski definition) is 1. The first-order chi connectivity index (χ1) is 7.18. The van der Waals surface area contributed by atoms with E-state index in [9.17, 15) is 4.79 Å². The van der Waals surface area contributed by atoms with Crippen molar-refractivity contribution in [2.24, 2.45) is 0 Å². The summed E-state index contributed by atoms with van der Waals surface area (Å²) in [7, 11) is 0. The number of esters is 1. The van der Waals surface area contributed by atoms with E-state index in [0.29, 0.717) is 11.3 Å². The summed E-state index contributed by atoms with van der Waals surface area (Å²) >= 11 is 0. The first kappa shape index (κ1) is 9.52. The number of benzene rings is 1. The van der Waals surface area contributed by atoms with E-state index in [0.717, 1.165) is 10.9 Å². The van der Waals surface area contributed by atoms with Gasteiger partial charge >= 0.3 is 5.97 Å². The minimum Gasteiger partial charge on any atom is -0.422 e. The highest BCUT2D eigenvalue weighted by Gasteiger charge is 2.08. The number of aromatic amines is 1. The number of nitrogens with one attached hydrogen (secondary N) is 1. The Bertz CT molecular complexity index is 525. The molecule has 1 aromatic carbocycles. The van der Waals surface area contributed by atoms with Gasteiger partial charge in [0.2, 0.25) is 0 Å². The Morgan fingerprint density at radius 1 is 1.40 bits per heavy atom. The van der Waals surface area contributed by atoms with Crippen molar-refractivity contribution in [3.8, 4) is 5.75 Å². The topological polar surface area (TPSA) is 42.1 Å². The van der Waals surface area contributed by atoms with Crippen LogP contribution in [0.4, 0.5) is 0 Å². The van der Waals surface area contributed by atoms with Gasteiger partial charge in [-0.3, -0.25) is 0 Å². The predicted molar refractivity (Wildman–Crippen MR) is 58.7 cm³/mol. The molecule has 0 spiro atoms. The molecule has 2 aromatic rings. The first-order valence-electron chi connectivity index (χ1n) is 4.62. The van der Waals surface area contributed by atoms with Gasteiger partial charge in [-0.1, -0.05) is 12.6 Å². The number of H-pyrrole nitrogens is 1. The fraction of sp³-hybridized carbons (Fsp3) is 0.0833. The number of aromatic nitrogens is 1. The largest absolute Gasteiger partial charge is 0.422 e. The Balaban J connectivity index is 2.39. The Labute approximate surface area is 87.4 Å². The van der Waals surface area contributed by atoms with Crippen LogP contribution in [0.3, 0.4) is 0 Å². The monoisotopic (exact) mass is 201 g/mol. The van der Waals surface area contributed by atoms with Crippen molar-refractivity contribution in [3.05, 3.63) is 42.6 Å². The first-order valence-corrected chi connectivity index (χ1v) is 4.62. The number of ether oxygens (including phenoxy) is 1. The molecule has 3 heteroatoms. The maximum absolute atomic E-state index is 11.3. The normalized spacial score (nSPS) is 10.2. The molecular weight excluding hydrogens is 190 g/mol. The molecule has 2 rings (SSSR count). The number of carbonyl (C=O) groups excluding carboxylic acids is 1. The van der Waals surface area contributed by atoms with Gasteiger partial charge in [0, 0.05) is 22.7 Å². The molecule has 1 aromatic heterocycles. The van der Waals surface area contributed by atoms with E-state index in [2.05, 4.69) is 11.6 Å². The number of carbonyl (C=O) groups is 1. The quantitative estimate of drug-likeness (QED) is 0.461. The van der Waals surface area contributed by atoms with Crippen molar-refractivity contribution < 1.29 is 9.53 Å². The van der Waals surface area contributed by atoms with Crippen LogP contribution < -0.4 is 4.74 Å². The van der Waals surface area contributed by atoms with Crippen LogP contribution in [0.25, 0.3) is 10.9 Å². The molecule has 1 N–H and O–H groups in total. The van der Waals surface area contributed by atoms with Crippen molar-refractivity contribution in [2.45, 2.75) is 6.92 Å². The number of hydrogen-bond acceptors (Lipinski definition) is 2. The van der Waals surface area contributed by atoms with E-state index in [1.807, 2.05) is 24.4 Å². The van der Waals surface area contributed by atoms with Crippen LogP contribution in [0, 0.1) is 0 Å². The number of fused-ring (bicyclic) bond motifs is 1. The van der Waals surface area contributed by atoms with E-state index < -0.39 is 5.97 Å². The minimum absolute atomic E-state index is 0.391. The summed E-state index contributed by atoms with van der Waals surface area (Å²) < 4.78 is 5.19. The van der Waals surface area contributed by atoms with Crippen molar-refractivity contribution in [1.29, 1.82) is 0 Å². The van der Waals surface area contributed by atoms with Crippen molar-refractivity contribution >= 4 is 16.9 Å². The second-order valence-electron chi connectivity index (χ2n) is 3.36. The zero-order chi connectivity index (χ0) is 10.8. The lowest BCUT2D eigenvalue weighted by molar-refractivity contribution is -0.129. The zero-order valence-electron chi connectivity index (χ0n) is 8.41. The van der Waals surface area contributed by atoms with Gasteiger partial charge in [-0.25, -0.2) is 4.79 Å². The van der Waals surface area contributed by atoms with Crippen molar-refractivity contribution in [3.63, 3.8) is 0 Å². The molecule has 0 aliphatic heterocycles. The molecule has 0 bridgehead atoms. The van der Waals surface area contributed by atoms with E-state index in [-0.39, 0.29) is 0 Å². The number of rotatable bonds is 2. The van der Waals surface area contributed by atoms with Gasteiger partial charge in [0.25, 0.3) is 0 Å². The van der Waals surface area contributed by atoms with Gasteiger partial charge in [0.05, 0.1) is 0 Å². The SMILES string of the molecule is C=C(C)C(=O)Oc1cccc2[nH]ccc12. The van der Waals surface area contributed by atoms with Crippen LogP contribution in [0.5, 0.6) is 5.75 Å². The van der Waals surface area contributed by atoms with Crippen LogP contribution in [0.15, 0.2) is 42.6 Å². The third-order valence-electron chi connectivity index (χ3n) is 2.11. The molecule has 15 heavy (non-hydrogen) atoms. The lowest BCUT2D eigenvalue weighted by Crippen LogP contribution is -2.08. The molecule has 1 heterocycles. The molecule has 0 fully saturated rings. The molecule has 0 aliphatic rings. The summed E-state index contributed by atoms with van der Waals surface area (Å²) in [5, 5.41) is 0.895. The summed E-state index contributed by atoms with van der Waals surface area (Å²) in [5.74, 6) is 0.158. The van der Waals surface area contributed by atoms with Gasteiger partial charge in [-0.15, -0.1) is 0 Å². The summed E-state index contributed by atoms with van der Waals surface area (Å²) in [5.41, 5.74) is 1.34. The summed E-state index contributed by atoms with van der Waals surface area (Å²) in [4.78, 5) is 14.4. The van der Waals surface area contributed by atoms with Gasteiger partial charge in [0.15, 0.2) is 0 Å². The smallest absolute Gasteiger partial charge is 0.338 e. The minimum atomic E-state index is -0.399. The summed E-state index contributed by atoms with van der Waals surface area (Å²) in [6, 6.07) is 7.39. The lowest BCUT2D eigenvalue weighted by Gasteiger charge is -2.04. The summed E-state index contributed by atoms with van der Waals surface area (Å²) in [6.07, 6.45) is 1.81. The maximum Gasteiger partial charge on any atom is 0.338 e. The molecule has 0 radical (unpaired) electrons. The third-order valence-corrected chi connectivity index (χ3v) is 2.11. The molecule has 3 nitrogen and oxygen atoms in total. The van der Waals surface area contributed by atoms with Gasteiger partial charge in [-0.05, 0) is 25.1 Å². The highest BCUT2D eigenvalue weighted by Crippen LogP contribution is 2.24. The average molecular weight is 201 g/mol. The van der Waals surface area contributed by atoms with Gasteiger partial charge < -0.3 is 9.72 Å². The third kappa shape index (κ3) is 1.76. The zero-order valence-corrected chi connectivity index (χ0v) is 8.41. The molecule has 0 aliphatic carbocycles. The van der Waals surface area contributed by atoms with Crippen LogP contribution >= 0.6 is 0 Å². The molecule has 0 atom stereocenters. The van der Waals surface area contributed by atoms with Gasteiger partial charge in [0.1, 0.15) is 5.75 Å². The second-order valence-corrected chi connectivity index (χ2v) is 3.36. The molecular formula is C12H11NO2. The van der Waals surface area contributed by atoms with E-state index >= 15 is 0 Å². The average Bonchev–Trinajstić information content (AvgIpc) is 2.66. The van der Waals surface area contributed by atoms with Crippen LogP contribution in [0.1, 0.15) is 6.92 Å². The summed E-state index contributed by atoms with van der Waals surface area (Å²) in [6.45, 7) is 5.16. The fourth-order valence-electron chi connectivity index (χ4n) is 1.33. The molecule has 0 amide bonds. The van der Waals surface area contributed by atoms with E-state index in [4.69, 9.17) is 4.74 Å². The Morgan fingerprint density at radius 3 is 2.93 bits per heavy atom. The standard InChI is InChI=1S/C12H11NO2/c1-8(2)12(14)15-11-5-3-4-10-9(11)6-7-13-10/h3-7,13H,1H2,2H3. The molecule has 0 saturated heterocycles. The predicted octanol–water partition coefficient (Wildman–Crippen LogP) is 2.65. The fourth-order valence-corrected chi connectivity index (χ4v) is 1.33. The Hall–Kier alpha value is -2.03. The maximum atomic E-state index is 11.3. The lowest BCUT2D eigenvalue weighted by atomic mass is 10.2. The van der Waals surface area contributed by atoms with Gasteiger partial charge in [-0.2, -0.15) is 0 Å². The van der Waals surface area contributed by atoms with Crippen LogP contribution in [0.2, 0.25) is 0 Å². The second kappa shape index (κ2) is 3.61. The van der Waals surface area contributed by atoms with Crippen LogP contribution in [-0.4, -0.2) is 11.0 Å². The molecule has 76 valence electrons. The van der Waals surface area contributed by atoms with E-state index in [1.165, 1.54) is 0 Å². The molecule has 0 saturated carbocycles. The molecule has 0 unspecified atom stereocenters. The highest BCUT2D eigenvalue weighted by atomic mass is 16.5. The Morgan fingerprint density at radius 2 is 2.20 bits per heavy atom. The van der Waals surface area contributed by atoms with Crippen molar-refractivity contribution in [2.75, 3.05) is 0 Å². The van der Waals surface area contributed by atoms with Crippen LogP contribution in [-0.2, 0) is 4.79 Å². The highest BCUT2D eigenvalue weighted by molar-refractivity contribution is 5.93.